The third-order valence-electron chi connectivity index (χ3n) is 4.04. The molecule has 2 atom stereocenters. The quantitative estimate of drug-likeness (QED) is 0.864. The Kier molecular flexibility index (Phi) is 4.76. The number of amides is 2. The number of likely N-dealkylation sites (tertiary alicyclic amines) is 1. The number of pyridine rings is 1. The Morgan fingerprint density at radius 2 is 2.13 bits per heavy atom. The third kappa shape index (κ3) is 3.62. The second-order valence-corrected chi connectivity index (χ2v) is 5.75. The van der Waals surface area contributed by atoms with E-state index >= 15 is 0 Å². The summed E-state index contributed by atoms with van der Waals surface area (Å²) in [5, 5.41) is 2.92. The van der Waals surface area contributed by atoms with Crippen LogP contribution in [-0.2, 0) is 0 Å². The summed E-state index contributed by atoms with van der Waals surface area (Å²) in [6, 6.07) is 14.0. The second kappa shape index (κ2) is 7.13. The van der Waals surface area contributed by atoms with Crippen LogP contribution in [0.4, 0.5) is 4.79 Å². The van der Waals surface area contributed by atoms with Crippen molar-refractivity contribution in [1.29, 1.82) is 0 Å². The van der Waals surface area contributed by atoms with Crippen LogP contribution < -0.4 is 10.1 Å². The first-order valence-corrected chi connectivity index (χ1v) is 7.88. The fourth-order valence-electron chi connectivity index (χ4n) is 2.92. The molecular weight excluding hydrogens is 290 g/mol. The molecule has 120 valence electrons. The van der Waals surface area contributed by atoms with Gasteiger partial charge in [0.25, 0.3) is 0 Å². The van der Waals surface area contributed by atoms with Crippen LogP contribution in [0.3, 0.4) is 0 Å². The molecule has 0 bridgehead atoms. The standard InChI is InChI=1S/C18H21N3O2/c1-14-13-21(17(14)15-6-3-2-4-7-15)18(22)20-10-11-23-16-8-5-9-19-12-16/h2-9,12,14,17H,10-11,13H2,1H3,(H,20,22)/t14-,17+/m0/s1. The molecule has 0 spiro atoms. The van der Waals surface area contributed by atoms with E-state index in [-0.39, 0.29) is 12.1 Å². The fraction of sp³-hybridized carbons (Fsp3) is 0.333. The summed E-state index contributed by atoms with van der Waals surface area (Å²) >= 11 is 0. The van der Waals surface area contributed by atoms with Crippen LogP contribution >= 0.6 is 0 Å². The van der Waals surface area contributed by atoms with Gasteiger partial charge in [0.2, 0.25) is 0 Å². The zero-order valence-corrected chi connectivity index (χ0v) is 13.2. The highest BCUT2D eigenvalue weighted by Crippen LogP contribution is 2.38. The van der Waals surface area contributed by atoms with Crippen LogP contribution in [0.25, 0.3) is 0 Å². The third-order valence-corrected chi connectivity index (χ3v) is 4.04. The number of carbonyl (C=O) groups excluding carboxylic acids is 1. The lowest BCUT2D eigenvalue weighted by Gasteiger charge is -2.46. The molecule has 0 saturated carbocycles. The van der Waals surface area contributed by atoms with Gasteiger partial charge in [0.15, 0.2) is 0 Å². The maximum absolute atomic E-state index is 12.3. The topological polar surface area (TPSA) is 54.5 Å². The highest BCUT2D eigenvalue weighted by atomic mass is 16.5. The van der Waals surface area contributed by atoms with Crippen molar-refractivity contribution in [2.45, 2.75) is 13.0 Å². The summed E-state index contributed by atoms with van der Waals surface area (Å²) in [5.41, 5.74) is 1.19. The summed E-state index contributed by atoms with van der Waals surface area (Å²) in [6.07, 6.45) is 3.35. The molecule has 0 unspecified atom stereocenters. The molecule has 1 aromatic carbocycles. The largest absolute Gasteiger partial charge is 0.490 e. The Hall–Kier alpha value is -2.56. The molecule has 0 aliphatic carbocycles. The van der Waals surface area contributed by atoms with Crippen molar-refractivity contribution in [3.63, 3.8) is 0 Å². The van der Waals surface area contributed by atoms with Gasteiger partial charge in [0.1, 0.15) is 12.4 Å². The molecule has 2 heterocycles. The van der Waals surface area contributed by atoms with Crippen LogP contribution in [0.1, 0.15) is 18.5 Å². The molecule has 1 aliphatic rings. The molecular formula is C18H21N3O2. The highest BCUT2D eigenvalue weighted by molar-refractivity contribution is 5.75. The number of hydrogen-bond donors (Lipinski definition) is 1. The molecule has 0 radical (unpaired) electrons. The van der Waals surface area contributed by atoms with Gasteiger partial charge < -0.3 is 15.0 Å². The van der Waals surface area contributed by atoms with Gasteiger partial charge in [-0.2, -0.15) is 0 Å². The lowest BCUT2D eigenvalue weighted by Crippen LogP contribution is -2.55. The lowest BCUT2D eigenvalue weighted by atomic mass is 9.85. The number of benzene rings is 1. The molecule has 5 heteroatoms. The zero-order chi connectivity index (χ0) is 16.1. The van der Waals surface area contributed by atoms with E-state index in [4.69, 9.17) is 4.74 Å². The molecule has 1 aromatic heterocycles. The number of aromatic nitrogens is 1. The summed E-state index contributed by atoms with van der Waals surface area (Å²) in [6.45, 7) is 3.86. The van der Waals surface area contributed by atoms with Gasteiger partial charge in [-0.15, -0.1) is 0 Å². The van der Waals surface area contributed by atoms with Crippen LogP contribution in [0.5, 0.6) is 5.75 Å². The number of ether oxygens (including phenoxy) is 1. The maximum atomic E-state index is 12.3. The van der Waals surface area contributed by atoms with Crippen LogP contribution in [0, 0.1) is 5.92 Å². The van der Waals surface area contributed by atoms with E-state index in [1.807, 2.05) is 35.2 Å². The summed E-state index contributed by atoms with van der Waals surface area (Å²) in [5.74, 6) is 1.19. The number of carbonyl (C=O) groups is 1. The Labute approximate surface area is 136 Å². The first-order chi connectivity index (χ1) is 11.3. The first-order valence-electron chi connectivity index (χ1n) is 7.88. The summed E-state index contributed by atoms with van der Waals surface area (Å²) < 4.78 is 5.52. The van der Waals surface area contributed by atoms with E-state index in [2.05, 4.69) is 29.4 Å². The molecule has 1 fully saturated rings. The average Bonchev–Trinajstić information content (AvgIpc) is 2.58. The Bertz CT molecular complexity index is 633. The predicted octanol–water partition coefficient (Wildman–Crippen LogP) is 2.86. The van der Waals surface area contributed by atoms with Gasteiger partial charge in [-0.3, -0.25) is 4.98 Å². The van der Waals surface area contributed by atoms with Crippen molar-refractivity contribution in [2.24, 2.45) is 5.92 Å². The van der Waals surface area contributed by atoms with Gasteiger partial charge in [-0.25, -0.2) is 4.79 Å². The molecule has 1 aliphatic heterocycles. The van der Waals surface area contributed by atoms with Gasteiger partial charge in [-0.1, -0.05) is 37.3 Å². The van der Waals surface area contributed by atoms with Crippen LogP contribution in [0.15, 0.2) is 54.9 Å². The van der Waals surface area contributed by atoms with E-state index in [9.17, 15) is 4.79 Å². The van der Waals surface area contributed by atoms with Crippen molar-refractivity contribution in [3.05, 3.63) is 60.4 Å². The molecule has 2 amide bonds. The molecule has 2 aromatic rings. The van der Waals surface area contributed by atoms with Crippen molar-refractivity contribution >= 4 is 6.03 Å². The van der Waals surface area contributed by atoms with Crippen molar-refractivity contribution in [2.75, 3.05) is 19.7 Å². The average molecular weight is 311 g/mol. The SMILES string of the molecule is C[C@H]1CN(C(=O)NCCOc2cccnc2)[C@H]1c1ccccc1. The number of nitrogens with one attached hydrogen (secondary N) is 1. The molecule has 3 rings (SSSR count). The molecule has 1 N–H and O–H groups in total. The van der Waals surface area contributed by atoms with E-state index < -0.39 is 0 Å². The van der Waals surface area contributed by atoms with Crippen LogP contribution in [-0.4, -0.2) is 35.6 Å². The predicted molar refractivity (Wildman–Crippen MR) is 88.2 cm³/mol. The minimum atomic E-state index is -0.0354. The van der Waals surface area contributed by atoms with Crippen LogP contribution in [0.2, 0.25) is 0 Å². The van der Waals surface area contributed by atoms with E-state index in [1.54, 1.807) is 12.4 Å². The zero-order valence-electron chi connectivity index (χ0n) is 13.2. The first kappa shape index (κ1) is 15.3. The molecule has 1 saturated heterocycles. The van der Waals surface area contributed by atoms with Gasteiger partial charge in [0.05, 0.1) is 18.8 Å². The number of hydrogen-bond acceptors (Lipinski definition) is 3. The van der Waals surface area contributed by atoms with Gasteiger partial charge in [0, 0.05) is 12.7 Å². The smallest absolute Gasteiger partial charge is 0.318 e. The maximum Gasteiger partial charge on any atom is 0.318 e. The summed E-state index contributed by atoms with van der Waals surface area (Å²) in [4.78, 5) is 18.2. The fourth-order valence-corrected chi connectivity index (χ4v) is 2.92. The van der Waals surface area contributed by atoms with Crippen molar-refractivity contribution < 1.29 is 9.53 Å². The Balaban J connectivity index is 1.47. The molecule has 23 heavy (non-hydrogen) atoms. The van der Waals surface area contributed by atoms with Crippen molar-refractivity contribution in [1.82, 2.24) is 15.2 Å². The van der Waals surface area contributed by atoms with Gasteiger partial charge >= 0.3 is 6.03 Å². The minimum absolute atomic E-state index is 0.0354. The van der Waals surface area contributed by atoms with E-state index in [0.29, 0.717) is 24.8 Å². The minimum Gasteiger partial charge on any atom is -0.490 e. The van der Waals surface area contributed by atoms with Crippen molar-refractivity contribution in [3.8, 4) is 5.75 Å². The van der Waals surface area contributed by atoms with E-state index in [0.717, 1.165) is 6.54 Å². The number of nitrogens with zero attached hydrogens (tertiary/aromatic N) is 2. The van der Waals surface area contributed by atoms with Gasteiger partial charge in [-0.05, 0) is 23.6 Å². The lowest BCUT2D eigenvalue weighted by molar-refractivity contribution is 0.0588. The number of rotatable bonds is 5. The Morgan fingerprint density at radius 1 is 1.30 bits per heavy atom. The van der Waals surface area contributed by atoms with E-state index in [1.165, 1.54) is 5.56 Å². The molecule has 5 nitrogen and oxygen atoms in total. The highest BCUT2D eigenvalue weighted by Gasteiger charge is 2.39. The second-order valence-electron chi connectivity index (χ2n) is 5.75. The number of urea groups is 1. The normalized spacial score (nSPS) is 19.8. The summed E-state index contributed by atoms with van der Waals surface area (Å²) in [7, 11) is 0. The monoisotopic (exact) mass is 311 g/mol. The Morgan fingerprint density at radius 3 is 2.83 bits per heavy atom.